The number of carboxylic acids is 1. The number of aliphatic hydroxyl groups excluding tert-OH is 2. The second kappa shape index (κ2) is 7.33. The van der Waals surface area contributed by atoms with Crippen LogP contribution in [0.2, 0.25) is 0 Å². The van der Waals surface area contributed by atoms with E-state index < -0.39 is 12.1 Å². The van der Waals surface area contributed by atoms with E-state index in [1.807, 2.05) is 0 Å². The van der Waals surface area contributed by atoms with Crippen molar-refractivity contribution in [3.63, 3.8) is 0 Å². The van der Waals surface area contributed by atoms with Gasteiger partial charge in [-0.3, -0.25) is 9.59 Å². The number of aliphatic carboxylic acids is 1. The lowest BCUT2D eigenvalue weighted by molar-refractivity contribution is -0.182. The second-order valence-electron chi connectivity index (χ2n) is 11.3. The fourth-order valence-corrected chi connectivity index (χ4v) is 8.40. The van der Waals surface area contributed by atoms with Gasteiger partial charge in [0.15, 0.2) is 0 Å². The van der Waals surface area contributed by atoms with E-state index in [1.165, 1.54) is 0 Å². The Morgan fingerprint density at radius 2 is 1.86 bits per heavy atom. The van der Waals surface area contributed by atoms with Gasteiger partial charge in [0.1, 0.15) is 5.78 Å². The molecule has 0 radical (unpaired) electrons. The normalized spacial score (nSPS) is 50.4. The van der Waals surface area contributed by atoms with Crippen molar-refractivity contribution in [1.29, 1.82) is 0 Å². The van der Waals surface area contributed by atoms with Gasteiger partial charge in [0, 0.05) is 24.2 Å². The summed E-state index contributed by atoms with van der Waals surface area (Å²) >= 11 is 0. The van der Waals surface area contributed by atoms with Crippen LogP contribution in [-0.4, -0.2) is 39.3 Å². The summed E-state index contributed by atoms with van der Waals surface area (Å²) in [6.45, 7) is 6.62. The van der Waals surface area contributed by atoms with E-state index in [-0.39, 0.29) is 58.9 Å². The summed E-state index contributed by atoms with van der Waals surface area (Å²) in [7, 11) is 0. The molecule has 4 aliphatic rings. The monoisotopic (exact) mass is 406 g/mol. The van der Waals surface area contributed by atoms with Crippen molar-refractivity contribution in [2.24, 2.45) is 46.3 Å². The minimum atomic E-state index is -0.762. The van der Waals surface area contributed by atoms with E-state index in [0.717, 1.165) is 32.1 Å². The Hall–Kier alpha value is -0.940. The molecule has 0 spiro atoms. The largest absolute Gasteiger partial charge is 0.481 e. The van der Waals surface area contributed by atoms with Crippen LogP contribution < -0.4 is 0 Å². The van der Waals surface area contributed by atoms with Crippen LogP contribution in [0, 0.1) is 46.3 Å². The molecule has 0 aromatic heterocycles. The number of carbonyl (C=O) groups excluding carboxylic acids is 1. The lowest BCUT2D eigenvalue weighted by atomic mass is 9.43. The maximum Gasteiger partial charge on any atom is 0.303 e. The molecule has 4 rings (SSSR count). The SMILES string of the molecule is C[C@H](CCC(=O)O)[C@H]1CC[C@@H]2[C@@H]3C(=O)C[C@@H]4C[C@H](O)CC[C@]4(C)[C@@H]3C[C@H](O)[C@@]21C. The molecule has 0 saturated heterocycles. The Morgan fingerprint density at radius 1 is 1.14 bits per heavy atom. The first-order chi connectivity index (χ1) is 13.6. The first-order valence-corrected chi connectivity index (χ1v) is 11.7. The minimum absolute atomic E-state index is 0.0246. The quantitative estimate of drug-likeness (QED) is 0.662. The minimum Gasteiger partial charge on any atom is -0.481 e. The molecule has 3 N–H and O–H groups in total. The first-order valence-electron chi connectivity index (χ1n) is 11.7. The highest BCUT2D eigenvalue weighted by atomic mass is 16.4. The number of aliphatic hydroxyl groups is 2. The van der Waals surface area contributed by atoms with E-state index >= 15 is 0 Å². The maximum absolute atomic E-state index is 13.4. The van der Waals surface area contributed by atoms with Gasteiger partial charge in [-0.05, 0) is 80.0 Å². The van der Waals surface area contributed by atoms with Crippen LogP contribution in [0.1, 0.15) is 78.6 Å². The van der Waals surface area contributed by atoms with Gasteiger partial charge in [-0.2, -0.15) is 0 Å². The zero-order valence-electron chi connectivity index (χ0n) is 18.1. The number of rotatable bonds is 4. The number of hydrogen-bond donors (Lipinski definition) is 3. The van der Waals surface area contributed by atoms with Gasteiger partial charge in [-0.1, -0.05) is 20.8 Å². The smallest absolute Gasteiger partial charge is 0.303 e. The van der Waals surface area contributed by atoms with Crippen LogP contribution in [-0.2, 0) is 9.59 Å². The van der Waals surface area contributed by atoms with Crippen LogP contribution in [0.15, 0.2) is 0 Å². The van der Waals surface area contributed by atoms with Gasteiger partial charge >= 0.3 is 5.97 Å². The molecule has 4 aliphatic carbocycles. The fourth-order valence-electron chi connectivity index (χ4n) is 8.40. The summed E-state index contributed by atoms with van der Waals surface area (Å²) in [6.07, 6.45) is 5.74. The summed E-state index contributed by atoms with van der Waals surface area (Å²) < 4.78 is 0. The van der Waals surface area contributed by atoms with Crippen LogP contribution in [0.4, 0.5) is 0 Å². The van der Waals surface area contributed by atoms with Gasteiger partial charge in [-0.15, -0.1) is 0 Å². The first kappa shape index (κ1) is 21.3. The number of carboxylic acid groups (broad SMARTS) is 1. The van der Waals surface area contributed by atoms with Crippen molar-refractivity contribution in [2.75, 3.05) is 0 Å². The van der Waals surface area contributed by atoms with E-state index in [2.05, 4.69) is 20.8 Å². The summed E-state index contributed by atoms with van der Waals surface area (Å²) in [5.74, 6) is 0.775. The highest BCUT2D eigenvalue weighted by Crippen LogP contribution is 2.67. The standard InChI is InChI=1S/C24H38O5/c1-13(4-7-21(28)29)16-5-6-17-22-18(12-20(27)24(16,17)3)23(2)9-8-15(25)10-14(23)11-19(22)26/h13-18,20,22,25,27H,4-12H2,1-3H3,(H,28,29)/t13-,14+,15-,16-,17-,18-,20+,22+,23+,24-/m1/s1. The Kier molecular flexibility index (Phi) is 5.39. The number of carbonyl (C=O) groups is 2. The molecule has 4 fully saturated rings. The summed E-state index contributed by atoms with van der Waals surface area (Å²) in [5, 5.41) is 30.7. The molecule has 10 atom stereocenters. The molecular weight excluding hydrogens is 368 g/mol. The zero-order valence-corrected chi connectivity index (χ0v) is 18.1. The molecule has 0 aromatic rings. The third kappa shape index (κ3) is 3.18. The molecule has 4 saturated carbocycles. The molecule has 0 amide bonds. The lowest BCUT2D eigenvalue weighted by Crippen LogP contribution is -2.61. The number of fused-ring (bicyclic) bond motifs is 5. The van der Waals surface area contributed by atoms with Crippen molar-refractivity contribution in [1.82, 2.24) is 0 Å². The Balaban J connectivity index is 1.62. The predicted molar refractivity (Wildman–Crippen MR) is 109 cm³/mol. The molecule has 5 nitrogen and oxygen atoms in total. The zero-order chi connectivity index (χ0) is 21.1. The van der Waals surface area contributed by atoms with E-state index in [4.69, 9.17) is 5.11 Å². The molecule has 5 heteroatoms. The van der Waals surface area contributed by atoms with E-state index in [9.17, 15) is 19.8 Å². The van der Waals surface area contributed by atoms with Crippen molar-refractivity contribution < 1.29 is 24.9 Å². The highest BCUT2D eigenvalue weighted by Gasteiger charge is 2.65. The number of hydrogen-bond acceptors (Lipinski definition) is 4. The van der Waals surface area contributed by atoms with Crippen LogP contribution in [0.3, 0.4) is 0 Å². The average molecular weight is 407 g/mol. The van der Waals surface area contributed by atoms with Gasteiger partial charge in [0.2, 0.25) is 0 Å². The maximum atomic E-state index is 13.4. The molecule has 0 aliphatic heterocycles. The van der Waals surface area contributed by atoms with Crippen molar-refractivity contribution in [3.8, 4) is 0 Å². The van der Waals surface area contributed by atoms with Crippen LogP contribution in [0.25, 0.3) is 0 Å². The lowest BCUT2D eigenvalue weighted by Gasteiger charge is -2.61. The molecular formula is C24H38O5. The Bertz CT molecular complexity index is 676. The molecule has 0 aromatic carbocycles. The summed E-state index contributed by atoms with van der Waals surface area (Å²) in [4.78, 5) is 24.4. The van der Waals surface area contributed by atoms with Crippen molar-refractivity contribution >= 4 is 11.8 Å². The number of Topliss-reactive ketones (excluding diaryl/α,β-unsaturated/α-hetero) is 1. The fraction of sp³-hybridized carbons (Fsp3) is 0.917. The summed E-state index contributed by atoms with van der Waals surface area (Å²) in [6, 6.07) is 0. The van der Waals surface area contributed by atoms with Crippen LogP contribution in [0.5, 0.6) is 0 Å². The molecule has 0 unspecified atom stereocenters. The summed E-state index contributed by atoms with van der Waals surface area (Å²) in [5.41, 5.74) is -0.265. The molecule has 0 heterocycles. The predicted octanol–water partition coefficient (Wildman–Crippen LogP) is 3.66. The van der Waals surface area contributed by atoms with Crippen LogP contribution >= 0.6 is 0 Å². The molecule has 164 valence electrons. The van der Waals surface area contributed by atoms with E-state index in [0.29, 0.717) is 25.0 Å². The Labute approximate surface area is 174 Å². The average Bonchev–Trinajstić information content (AvgIpc) is 3.01. The molecule has 29 heavy (non-hydrogen) atoms. The van der Waals surface area contributed by atoms with Gasteiger partial charge in [-0.25, -0.2) is 0 Å². The van der Waals surface area contributed by atoms with Gasteiger partial charge < -0.3 is 15.3 Å². The molecule has 0 bridgehead atoms. The van der Waals surface area contributed by atoms with E-state index in [1.54, 1.807) is 0 Å². The van der Waals surface area contributed by atoms with Crippen molar-refractivity contribution in [3.05, 3.63) is 0 Å². The topological polar surface area (TPSA) is 94.8 Å². The highest BCUT2D eigenvalue weighted by molar-refractivity contribution is 5.83. The van der Waals surface area contributed by atoms with Gasteiger partial charge in [0.05, 0.1) is 12.2 Å². The number of ketones is 1. The second-order valence-corrected chi connectivity index (χ2v) is 11.3. The van der Waals surface area contributed by atoms with Gasteiger partial charge in [0.25, 0.3) is 0 Å². The Morgan fingerprint density at radius 3 is 2.55 bits per heavy atom. The van der Waals surface area contributed by atoms with Crippen molar-refractivity contribution in [2.45, 2.75) is 90.8 Å². The third-order valence-corrected chi connectivity index (χ3v) is 10.1. The third-order valence-electron chi connectivity index (χ3n) is 10.1.